The standard InChI is InChI=1S/C15H29NO5/c1-5-12(4)10-16(13(17)8-9-14(18)19)11-15(20-6-2)21-7-3/h12,15H,5-11H2,1-4H3,(H,18,19). The first kappa shape index (κ1) is 19.9. The summed E-state index contributed by atoms with van der Waals surface area (Å²) in [6, 6.07) is 0. The zero-order valence-corrected chi connectivity index (χ0v) is 13.6. The molecule has 0 saturated carbocycles. The van der Waals surface area contributed by atoms with E-state index in [4.69, 9.17) is 14.6 Å². The summed E-state index contributed by atoms with van der Waals surface area (Å²) in [4.78, 5) is 24.5. The molecule has 0 bridgehead atoms. The van der Waals surface area contributed by atoms with Crippen molar-refractivity contribution in [3.05, 3.63) is 0 Å². The van der Waals surface area contributed by atoms with Crippen LogP contribution >= 0.6 is 0 Å². The summed E-state index contributed by atoms with van der Waals surface area (Å²) in [5.74, 6) is -0.775. The number of aliphatic carboxylic acids is 1. The first-order chi connectivity index (χ1) is 9.94. The van der Waals surface area contributed by atoms with E-state index in [-0.39, 0.29) is 18.7 Å². The summed E-state index contributed by atoms with van der Waals surface area (Å²) in [5, 5.41) is 8.70. The van der Waals surface area contributed by atoms with E-state index >= 15 is 0 Å². The first-order valence-corrected chi connectivity index (χ1v) is 7.67. The summed E-state index contributed by atoms with van der Waals surface area (Å²) in [6.07, 6.45) is 0.356. The van der Waals surface area contributed by atoms with Gasteiger partial charge in [-0.15, -0.1) is 0 Å². The summed E-state index contributed by atoms with van der Waals surface area (Å²) >= 11 is 0. The van der Waals surface area contributed by atoms with Gasteiger partial charge >= 0.3 is 5.97 Å². The Balaban J connectivity index is 4.68. The van der Waals surface area contributed by atoms with Crippen LogP contribution in [-0.2, 0) is 19.1 Å². The average Bonchev–Trinajstić information content (AvgIpc) is 2.44. The van der Waals surface area contributed by atoms with Crippen LogP contribution in [0.3, 0.4) is 0 Å². The Labute approximate surface area is 127 Å². The Morgan fingerprint density at radius 3 is 2.05 bits per heavy atom. The van der Waals surface area contributed by atoms with E-state index in [1.165, 1.54) is 0 Å². The van der Waals surface area contributed by atoms with Gasteiger partial charge in [0.1, 0.15) is 0 Å². The minimum absolute atomic E-state index is 0.0107. The number of nitrogens with zero attached hydrogens (tertiary/aromatic N) is 1. The molecule has 0 aliphatic rings. The van der Waals surface area contributed by atoms with Gasteiger partial charge in [-0.1, -0.05) is 20.3 Å². The maximum absolute atomic E-state index is 12.2. The predicted molar refractivity (Wildman–Crippen MR) is 79.9 cm³/mol. The van der Waals surface area contributed by atoms with Crippen LogP contribution in [0.4, 0.5) is 0 Å². The van der Waals surface area contributed by atoms with Crippen molar-refractivity contribution in [1.29, 1.82) is 0 Å². The van der Waals surface area contributed by atoms with E-state index in [9.17, 15) is 9.59 Å². The summed E-state index contributed by atoms with van der Waals surface area (Å²) in [5.41, 5.74) is 0. The highest BCUT2D eigenvalue weighted by atomic mass is 16.7. The monoisotopic (exact) mass is 303 g/mol. The van der Waals surface area contributed by atoms with Gasteiger partial charge in [-0.2, -0.15) is 0 Å². The van der Waals surface area contributed by atoms with Gasteiger partial charge < -0.3 is 19.5 Å². The average molecular weight is 303 g/mol. The van der Waals surface area contributed by atoms with Gasteiger partial charge in [-0.05, 0) is 19.8 Å². The molecule has 0 spiro atoms. The lowest BCUT2D eigenvalue weighted by Gasteiger charge is -2.29. The van der Waals surface area contributed by atoms with E-state index < -0.39 is 12.3 Å². The van der Waals surface area contributed by atoms with Crippen molar-refractivity contribution in [2.24, 2.45) is 5.92 Å². The lowest BCUT2D eigenvalue weighted by Crippen LogP contribution is -2.42. The molecule has 124 valence electrons. The summed E-state index contributed by atoms with van der Waals surface area (Å²) in [7, 11) is 0. The van der Waals surface area contributed by atoms with Gasteiger partial charge in [-0.25, -0.2) is 0 Å². The van der Waals surface area contributed by atoms with E-state index in [2.05, 4.69) is 13.8 Å². The first-order valence-electron chi connectivity index (χ1n) is 7.67. The molecule has 1 amide bonds. The second-order valence-corrected chi connectivity index (χ2v) is 5.05. The second-order valence-electron chi connectivity index (χ2n) is 5.05. The van der Waals surface area contributed by atoms with Gasteiger partial charge in [0.05, 0.1) is 13.0 Å². The molecule has 0 fully saturated rings. The van der Waals surface area contributed by atoms with Crippen LogP contribution in [0.2, 0.25) is 0 Å². The molecule has 0 aliphatic carbocycles. The molecular weight excluding hydrogens is 274 g/mol. The quantitative estimate of drug-likeness (QED) is 0.559. The number of carboxylic acid groups (broad SMARTS) is 1. The molecule has 1 unspecified atom stereocenters. The zero-order valence-electron chi connectivity index (χ0n) is 13.6. The van der Waals surface area contributed by atoms with Crippen molar-refractivity contribution in [3.8, 4) is 0 Å². The van der Waals surface area contributed by atoms with Crippen molar-refractivity contribution in [3.63, 3.8) is 0 Å². The van der Waals surface area contributed by atoms with E-state index in [0.717, 1.165) is 6.42 Å². The minimum atomic E-state index is -0.960. The zero-order chi connectivity index (χ0) is 16.3. The van der Waals surface area contributed by atoms with Crippen molar-refractivity contribution in [2.45, 2.75) is 53.2 Å². The van der Waals surface area contributed by atoms with E-state index in [0.29, 0.717) is 32.2 Å². The third kappa shape index (κ3) is 9.42. The normalized spacial score (nSPS) is 12.4. The van der Waals surface area contributed by atoms with Gasteiger partial charge in [0.15, 0.2) is 6.29 Å². The molecule has 0 rings (SSSR count). The molecule has 6 nitrogen and oxygen atoms in total. The molecule has 1 N–H and O–H groups in total. The Hall–Kier alpha value is -1.14. The molecule has 0 aliphatic heterocycles. The smallest absolute Gasteiger partial charge is 0.303 e. The third-order valence-electron chi connectivity index (χ3n) is 3.21. The van der Waals surface area contributed by atoms with Crippen molar-refractivity contribution in [1.82, 2.24) is 4.90 Å². The SMILES string of the molecule is CCOC(CN(CC(C)CC)C(=O)CCC(=O)O)OCC. The molecule has 0 aromatic carbocycles. The van der Waals surface area contributed by atoms with Crippen LogP contribution in [0.25, 0.3) is 0 Å². The fraction of sp³-hybridized carbons (Fsp3) is 0.867. The number of carbonyl (C=O) groups excluding carboxylic acids is 1. The topological polar surface area (TPSA) is 76.1 Å². The number of amides is 1. The highest BCUT2D eigenvalue weighted by Gasteiger charge is 2.21. The Kier molecular flexibility index (Phi) is 10.9. The number of carbonyl (C=O) groups is 2. The number of ether oxygens (including phenoxy) is 2. The van der Waals surface area contributed by atoms with E-state index in [1.54, 1.807) is 4.90 Å². The van der Waals surface area contributed by atoms with Crippen LogP contribution in [0, 0.1) is 5.92 Å². The molecule has 0 radical (unpaired) electrons. The number of carboxylic acids is 1. The van der Waals surface area contributed by atoms with Crippen LogP contribution < -0.4 is 0 Å². The van der Waals surface area contributed by atoms with Crippen LogP contribution in [0.15, 0.2) is 0 Å². The van der Waals surface area contributed by atoms with Crippen molar-refractivity contribution in [2.75, 3.05) is 26.3 Å². The fourth-order valence-corrected chi connectivity index (χ4v) is 1.86. The third-order valence-corrected chi connectivity index (χ3v) is 3.21. The molecule has 6 heteroatoms. The molecule has 0 aromatic heterocycles. The van der Waals surface area contributed by atoms with Gasteiger partial charge in [0.2, 0.25) is 5.91 Å². The Morgan fingerprint density at radius 2 is 1.62 bits per heavy atom. The maximum atomic E-state index is 12.2. The van der Waals surface area contributed by atoms with Gasteiger partial charge in [0.25, 0.3) is 0 Å². The van der Waals surface area contributed by atoms with Crippen molar-refractivity contribution < 1.29 is 24.2 Å². The molecule has 0 aromatic rings. The fourth-order valence-electron chi connectivity index (χ4n) is 1.86. The lowest BCUT2D eigenvalue weighted by atomic mass is 10.1. The highest BCUT2D eigenvalue weighted by molar-refractivity contribution is 5.80. The highest BCUT2D eigenvalue weighted by Crippen LogP contribution is 2.10. The summed E-state index contributed by atoms with van der Waals surface area (Å²) in [6.45, 7) is 9.81. The Bertz CT molecular complexity index is 302. The number of rotatable bonds is 12. The molecule has 1 atom stereocenters. The maximum Gasteiger partial charge on any atom is 0.303 e. The summed E-state index contributed by atoms with van der Waals surface area (Å²) < 4.78 is 10.9. The van der Waals surface area contributed by atoms with Crippen LogP contribution in [0.1, 0.15) is 47.0 Å². The molecule has 0 heterocycles. The largest absolute Gasteiger partial charge is 0.481 e. The number of hydrogen-bond acceptors (Lipinski definition) is 4. The molecule has 0 saturated heterocycles. The van der Waals surface area contributed by atoms with Gasteiger partial charge in [0, 0.05) is 26.2 Å². The van der Waals surface area contributed by atoms with E-state index in [1.807, 2.05) is 13.8 Å². The lowest BCUT2D eigenvalue weighted by molar-refractivity contribution is -0.160. The molecular formula is C15H29NO5. The van der Waals surface area contributed by atoms with Crippen molar-refractivity contribution >= 4 is 11.9 Å². The Morgan fingerprint density at radius 1 is 1.05 bits per heavy atom. The second kappa shape index (κ2) is 11.5. The molecule has 21 heavy (non-hydrogen) atoms. The van der Waals surface area contributed by atoms with Crippen LogP contribution in [-0.4, -0.2) is 54.5 Å². The van der Waals surface area contributed by atoms with Gasteiger partial charge in [-0.3, -0.25) is 9.59 Å². The number of hydrogen-bond donors (Lipinski definition) is 1. The van der Waals surface area contributed by atoms with Crippen LogP contribution in [0.5, 0.6) is 0 Å². The minimum Gasteiger partial charge on any atom is -0.481 e. The predicted octanol–water partition coefficient (Wildman–Crippen LogP) is 2.12.